The number of amides is 2. The van der Waals surface area contributed by atoms with Crippen molar-refractivity contribution in [2.45, 2.75) is 6.54 Å². The second-order valence-electron chi connectivity index (χ2n) is 5.25. The van der Waals surface area contributed by atoms with Crippen molar-refractivity contribution in [2.24, 2.45) is 0 Å². The molecule has 22 heavy (non-hydrogen) atoms. The van der Waals surface area contributed by atoms with Crippen LogP contribution in [0.25, 0.3) is 0 Å². The molecule has 2 aromatic rings. The zero-order valence-corrected chi connectivity index (χ0v) is 12.5. The van der Waals surface area contributed by atoms with Gasteiger partial charge in [-0.1, -0.05) is 30.3 Å². The number of urea groups is 1. The lowest BCUT2D eigenvalue weighted by molar-refractivity contribution is 0.251. The molecule has 0 spiro atoms. The Morgan fingerprint density at radius 2 is 2.05 bits per heavy atom. The lowest BCUT2D eigenvalue weighted by Crippen LogP contribution is -2.30. The summed E-state index contributed by atoms with van der Waals surface area (Å²) in [5, 5.41) is 5.69. The Hall–Kier alpha value is -2.69. The van der Waals surface area contributed by atoms with Crippen molar-refractivity contribution in [3.05, 3.63) is 54.1 Å². The number of hydrogen-bond donors (Lipinski definition) is 2. The van der Waals surface area contributed by atoms with Crippen LogP contribution in [0.5, 0.6) is 5.75 Å². The molecule has 0 aliphatic carbocycles. The minimum Gasteiger partial charge on any atom is -0.490 e. The van der Waals surface area contributed by atoms with E-state index in [9.17, 15) is 4.79 Å². The number of nitrogens with one attached hydrogen (secondary N) is 2. The molecule has 1 heterocycles. The second-order valence-corrected chi connectivity index (χ2v) is 5.25. The fourth-order valence-corrected chi connectivity index (χ4v) is 2.38. The van der Waals surface area contributed by atoms with Crippen LogP contribution < -0.4 is 20.3 Å². The highest BCUT2D eigenvalue weighted by Gasteiger charge is 2.15. The molecular weight excluding hydrogens is 278 g/mol. The molecular formula is C17H19N3O2. The number of hydrogen-bond acceptors (Lipinski definition) is 3. The van der Waals surface area contributed by atoms with E-state index in [1.165, 1.54) is 0 Å². The smallest absolute Gasteiger partial charge is 0.319 e. The van der Waals surface area contributed by atoms with Crippen LogP contribution in [0.3, 0.4) is 0 Å². The molecule has 0 radical (unpaired) electrons. The normalized spacial score (nSPS) is 13.0. The Bertz CT molecular complexity index is 658. The van der Waals surface area contributed by atoms with Crippen LogP contribution >= 0.6 is 0 Å². The quantitative estimate of drug-likeness (QED) is 0.916. The number of likely N-dealkylation sites (N-methyl/N-ethyl adjacent to an activating group) is 1. The summed E-state index contributed by atoms with van der Waals surface area (Å²) in [7, 11) is 2.01. The van der Waals surface area contributed by atoms with Gasteiger partial charge in [-0.3, -0.25) is 0 Å². The van der Waals surface area contributed by atoms with Gasteiger partial charge in [0.05, 0.1) is 12.2 Å². The van der Waals surface area contributed by atoms with Gasteiger partial charge in [-0.25, -0.2) is 4.79 Å². The number of fused-ring (bicyclic) bond motifs is 1. The Kier molecular flexibility index (Phi) is 4.14. The number of ether oxygens (including phenoxy) is 1. The van der Waals surface area contributed by atoms with Crippen LogP contribution in [-0.2, 0) is 6.54 Å². The molecule has 5 heteroatoms. The van der Waals surface area contributed by atoms with Gasteiger partial charge in [-0.2, -0.15) is 0 Å². The molecule has 0 fully saturated rings. The van der Waals surface area contributed by atoms with E-state index in [4.69, 9.17) is 4.74 Å². The number of anilines is 2. The lowest BCUT2D eigenvalue weighted by Gasteiger charge is -2.28. The van der Waals surface area contributed by atoms with E-state index in [0.29, 0.717) is 13.2 Å². The third-order valence-corrected chi connectivity index (χ3v) is 3.61. The van der Waals surface area contributed by atoms with Crippen molar-refractivity contribution in [1.29, 1.82) is 0 Å². The van der Waals surface area contributed by atoms with Crippen LogP contribution in [0, 0.1) is 0 Å². The summed E-state index contributed by atoms with van der Waals surface area (Å²) in [6.07, 6.45) is 0. The summed E-state index contributed by atoms with van der Waals surface area (Å²) in [5.41, 5.74) is 2.81. The van der Waals surface area contributed by atoms with Gasteiger partial charge < -0.3 is 20.3 Å². The predicted molar refractivity (Wildman–Crippen MR) is 87.5 cm³/mol. The summed E-state index contributed by atoms with van der Waals surface area (Å²) in [4.78, 5) is 14.1. The Morgan fingerprint density at radius 1 is 1.23 bits per heavy atom. The molecule has 1 aliphatic heterocycles. The number of rotatable bonds is 3. The van der Waals surface area contributed by atoms with Gasteiger partial charge in [0.25, 0.3) is 0 Å². The van der Waals surface area contributed by atoms with Gasteiger partial charge in [0.1, 0.15) is 12.4 Å². The van der Waals surface area contributed by atoms with Crippen molar-refractivity contribution in [3.8, 4) is 5.75 Å². The van der Waals surface area contributed by atoms with E-state index in [0.717, 1.165) is 29.2 Å². The highest BCUT2D eigenvalue weighted by molar-refractivity contribution is 5.90. The molecule has 0 atom stereocenters. The molecule has 0 saturated carbocycles. The Morgan fingerprint density at radius 3 is 2.86 bits per heavy atom. The van der Waals surface area contributed by atoms with Crippen molar-refractivity contribution >= 4 is 17.4 Å². The molecule has 2 amide bonds. The van der Waals surface area contributed by atoms with Gasteiger partial charge in [0.2, 0.25) is 0 Å². The molecule has 0 unspecified atom stereocenters. The molecule has 2 N–H and O–H groups in total. The fraction of sp³-hybridized carbons (Fsp3) is 0.235. The van der Waals surface area contributed by atoms with E-state index >= 15 is 0 Å². The first-order valence-corrected chi connectivity index (χ1v) is 7.29. The number of carbonyl (C=O) groups is 1. The molecule has 3 rings (SSSR count). The zero-order valence-electron chi connectivity index (χ0n) is 12.5. The Balaban J connectivity index is 1.61. The third-order valence-electron chi connectivity index (χ3n) is 3.61. The summed E-state index contributed by atoms with van der Waals surface area (Å²) < 4.78 is 5.59. The standard InChI is InChI=1S/C17H19N3O2/c1-20-9-10-22-16-8-7-14(11-15(16)20)19-17(21)18-12-13-5-3-2-4-6-13/h2-8,11H,9-10,12H2,1H3,(H2,18,19,21). The largest absolute Gasteiger partial charge is 0.490 e. The molecule has 0 bridgehead atoms. The molecule has 0 aromatic heterocycles. The second kappa shape index (κ2) is 6.39. The maximum atomic E-state index is 12.0. The van der Waals surface area contributed by atoms with Crippen molar-refractivity contribution < 1.29 is 9.53 Å². The van der Waals surface area contributed by atoms with Crippen LogP contribution in [0.15, 0.2) is 48.5 Å². The average Bonchev–Trinajstić information content (AvgIpc) is 2.55. The summed E-state index contributed by atoms with van der Waals surface area (Å²) in [6.45, 7) is 2.03. The zero-order chi connectivity index (χ0) is 15.4. The molecule has 114 valence electrons. The van der Waals surface area contributed by atoms with Crippen LogP contribution in [0.2, 0.25) is 0 Å². The first-order valence-electron chi connectivity index (χ1n) is 7.29. The molecule has 1 aliphatic rings. The van der Waals surface area contributed by atoms with E-state index in [2.05, 4.69) is 15.5 Å². The molecule has 2 aromatic carbocycles. The molecule has 5 nitrogen and oxygen atoms in total. The maximum Gasteiger partial charge on any atom is 0.319 e. The van der Waals surface area contributed by atoms with Gasteiger partial charge in [-0.15, -0.1) is 0 Å². The van der Waals surface area contributed by atoms with Crippen LogP contribution in [0.1, 0.15) is 5.56 Å². The third kappa shape index (κ3) is 3.31. The highest BCUT2D eigenvalue weighted by atomic mass is 16.5. The number of benzene rings is 2. The minimum atomic E-state index is -0.219. The van der Waals surface area contributed by atoms with Gasteiger partial charge in [0.15, 0.2) is 0 Å². The van der Waals surface area contributed by atoms with Crippen molar-refractivity contribution in [1.82, 2.24) is 5.32 Å². The highest BCUT2D eigenvalue weighted by Crippen LogP contribution is 2.33. The minimum absolute atomic E-state index is 0.219. The molecule has 0 saturated heterocycles. The predicted octanol–water partition coefficient (Wildman–Crippen LogP) is 2.84. The Labute approximate surface area is 129 Å². The number of nitrogens with zero attached hydrogens (tertiary/aromatic N) is 1. The lowest BCUT2D eigenvalue weighted by atomic mass is 10.2. The summed E-state index contributed by atoms with van der Waals surface area (Å²) >= 11 is 0. The van der Waals surface area contributed by atoms with E-state index in [1.807, 2.05) is 55.6 Å². The fourth-order valence-electron chi connectivity index (χ4n) is 2.38. The SMILES string of the molecule is CN1CCOc2ccc(NC(=O)NCc3ccccc3)cc21. The number of carbonyl (C=O) groups excluding carboxylic acids is 1. The van der Waals surface area contributed by atoms with Crippen molar-refractivity contribution in [3.63, 3.8) is 0 Å². The van der Waals surface area contributed by atoms with Gasteiger partial charge >= 0.3 is 6.03 Å². The van der Waals surface area contributed by atoms with Crippen LogP contribution in [0.4, 0.5) is 16.2 Å². The van der Waals surface area contributed by atoms with Gasteiger partial charge in [0, 0.05) is 19.3 Å². The average molecular weight is 297 g/mol. The summed E-state index contributed by atoms with van der Waals surface area (Å²) in [6, 6.07) is 15.3. The van der Waals surface area contributed by atoms with E-state index in [1.54, 1.807) is 0 Å². The van der Waals surface area contributed by atoms with E-state index in [-0.39, 0.29) is 6.03 Å². The maximum absolute atomic E-state index is 12.0. The van der Waals surface area contributed by atoms with Crippen molar-refractivity contribution in [2.75, 3.05) is 30.4 Å². The summed E-state index contributed by atoms with van der Waals surface area (Å²) in [5.74, 6) is 0.851. The van der Waals surface area contributed by atoms with Crippen LogP contribution in [-0.4, -0.2) is 26.2 Å². The first kappa shape index (κ1) is 14.3. The van der Waals surface area contributed by atoms with E-state index < -0.39 is 0 Å². The monoisotopic (exact) mass is 297 g/mol. The van der Waals surface area contributed by atoms with Gasteiger partial charge in [-0.05, 0) is 23.8 Å². The topological polar surface area (TPSA) is 53.6 Å². The first-order chi connectivity index (χ1) is 10.7.